The molecule has 0 aliphatic carbocycles. The van der Waals surface area contributed by atoms with Crippen molar-refractivity contribution in [2.75, 3.05) is 0 Å². The second kappa shape index (κ2) is 25.2. The molecule has 3 heterocycles. The van der Waals surface area contributed by atoms with Crippen LogP contribution < -0.4 is 0 Å². The first-order chi connectivity index (χ1) is 38.4. The Labute approximate surface area is 501 Å². The van der Waals surface area contributed by atoms with E-state index in [-0.39, 0.29) is 56.2 Å². The van der Waals surface area contributed by atoms with E-state index in [1.165, 1.54) is 0 Å². The molecule has 0 aliphatic heterocycles. The van der Waals surface area contributed by atoms with Crippen LogP contribution in [-0.2, 0) is 39.0 Å². The smallest absolute Gasteiger partial charge is 0.133 e. The first-order valence-corrected chi connectivity index (χ1v) is 27.8. The Morgan fingerprint density at radius 2 is 0.512 bits per heavy atom. The minimum atomic E-state index is 0. The van der Waals surface area contributed by atoms with Crippen molar-refractivity contribution in [1.29, 1.82) is 0 Å². The van der Waals surface area contributed by atoms with Crippen LogP contribution in [0, 0.1) is 0 Å². The summed E-state index contributed by atoms with van der Waals surface area (Å²) >= 11 is 4.80. The van der Waals surface area contributed by atoms with Gasteiger partial charge in [0.2, 0.25) is 0 Å². The summed E-state index contributed by atoms with van der Waals surface area (Å²) in [4.78, 5) is 14.2. The van der Waals surface area contributed by atoms with Crippen LogP contribution >= 0.6 is 34.0 Å². The van der Waals surface area contributed by atoms with Gasteiger partial charge in [-0.1, -0.05) is 194 Å². The van der Waals surface area contributed by atoms with E-state index >= 15 is 0 Å². The van der Waals surface area contributed by atoms with E-state index in [2.05, 4.69) is 71.7 Å². The van der Waals surface area contributed by atoms with Crippen LogP contribution in [0.5, 0.6) is 17.2 Å². The van der Waals surface area contributed by atoms with Crippen molar-refractivity contribution in [2.24, 2.45) is 0 Å². The number of hydrogen-bond acceptors (Lipinski definition) is 9. The van der Waals surface area contributed by atoms with Gasteiger partial charge in [0.15, 0.2) is 0 Å². The average molecular weight is 1190 g/mol. The Bertz CT molecular complexity index is 4060. The van der Waals surface area contributed by atoms with Crippen molar-refractivity contribution in [2.45, 2.75) is 0 Å². The van der Waals surface area contributed by atoms with Crippen LogP contribution in [0.3, 0.4) is 0 Å². The third-order valence-electron chi connectivity index (χ3n) is 13.3. The van der Waals surface area contributed by atoms with Crippen LogP contribution in [0.2, 0.25) is 0 Å². The number of aromatic nitrogens is 3. The molecule has 0 bridgehead atoms. The second-order valence-corrected chi connectivity index (χ2v) is 21.5. The third-order valence-corrected chi connectivity index (χ3v) is 16.5. The number of rotatable bonds is 8. The molecule has 0 amide bonds. The van der Waals surface area contributed by atoms with Crippen molar-refractivity contribution in [3.05, 3.63) is 267 Å². The molecule has 14 rings (SSSR count). The maximum atomic E-state index is 11.2. The normalized spacial score (nSPS) is 10.7. The SMILES string of the molecule is Oc1c(-c2ccccc2)cc(-c2ccccc2)cc1-c1nc2ccccc2s1.Oc1c(-c2ccccc2)cc(-c2ccccc2)cc1-c1nc2ccccc2s1.Oc1ccc(-c2ccccc2)cc1-c1nc2ccccc2s1.[Zn].[Zn]. The number of fused-ring (bicyclic) bond motifs is 3. The van der Waals surface area contributed by atoms with Gasteiger partial charge in [0, 0.05) is 50.1 Å². The van der Waals surface area contributed by atoms with Crippen LogP contribution in [0.4, 0.5) is 0 Å². The van der Waals surface area contributed by atoms with Crippen LogP contribution in [0.1, 0.15) is 0 Å². The van der Waals surface area contributed by atoms with Gasteiger partial charge in [-0.15, -0.1) is 34.0 Å². The molecular weight excluding hydrogens is 1150 g/mol. The molecule has 378 valence electrons. The molecule has 11 aromatic carbocycles. The summed E-state index contributed by atoms with van der Waals surface area (Å²) in [5.41, 5.74) is 15.3. The summed E-state index contributed by atoms with van der Waals surface area (Å²) in [7, 11) is 0. The molecule has 0 radical (unpaired) electrons. The molecule has 6 nitrogen and oxygen atoms in total. The zero-order chi connectivity index (χ0) is 52.8. The maximum absolute atomic E-state index is 11.2. The molecule has 0 aliphatic rings. The molecule has 0 saturated heterocycles. The number of nitrogens with zero attached hydrogens (tertiary/aromatic N) is 3. The van der Waals surface area contributed by atoms with Crippen LogP contribution in [0.25, 0.3) is 118 Å². The summed E-state index contributed by atoms with van der Waals surface area (Å²) in [5, 5.41) is 35.0. The summed E-state index contributed by atoms with van der Waals surface area (Å²) in [6.45, 7) is 0. The molecule has 11 heteroatoms. The summed E-state index contributed by atoms with van der Waals surface area (Å²) in [6.07, 6.45) is 0. The fourth-order valence-electron chi connectivity index (χ4n) is 9.34. The van der Waals surface area contributed by atoms with Crippen molar-refractivity contribution in [3.63, 3.8) is 0 Å². The molecular formula is C69H47N3O3S3Zn2. The van der Waals surface area contributed by atoms with Crippen LogP contribution in [0.15, 0.2) is 267 Å². The quantitative estimate of drug-likeness (QED) is 0.131. The molecule has 0 atom stereocenters. The van der Waals surface area contributed by atoms with Crippen molar-refractivity contribution in [1.82, 2.24) is 15.0 Å². The Balaban J connectivity index is 0.000000134. The van der Waals surface area contributed by atoms with E-state index in [9.17, 15) is 15.3 Å². The number of phenols is 3. The van der Waals surface area contributed by atoms with E-state index in [4.69, 9.17) is 9.97 Å². The van der Waals surface area contributed by atoms with E-state index in [1.54, 1.807) is 40.1 Å². The Hall–Kier alpha value is -8.26. The minimum Gasteiger partial charge on any atom is -0.507 e. The fraction of sp³-hybridized carbons (Fsp3) is 0. The van der Waals surface area contributed by atoms with Gasteiger partial charge in [0.1, 0.15) is 32.3 Å². The Kier molecular flexibility index (Phi) is 17.4. The molecule has 80 heavy (non-hydrogen) atoms. The number of benzene rings is 11. The van der Waals surface area contributed by atoms with Crippen molar-refractivity contribution in [3.8, 4) is 105 Å². The first kappa shape index (κ1) is 55.1. The molecule has 3 N–H and O–H groups in total. The molecule has 0 saturated carbocycles. The number of hydrogen-bond donors (Lipinski definition) is 3. The Morgan fingerprint density at radius 1 is 0.237 bits per heavy atom. The van der Waals surface area contributed by atoms with E-state index < -0.39 is 0 Å². The van der Waals surface area contributed by atoms with Gasteiger partial charge in [-0.05, 0) is 117 Å². The molecule has 14 aromatic rings. The first-order valence-electron chi connectivity index (χ1n) is 25.3. The standard InChI is InChI=1S/2C25H17NOS.C19H13NOS.2Zn/c2*27-24-20(18-11-5-2-6-12-18)15-19(17-9-3-1-4-10-17)16-21(24)25-26-22-13-7-8-14-23(22)28-25;21-17-11-10-14(13-6-2-1-3-7-13)12-15(17)19-20-16-8-4-5-9-18(16)22-19;;/h2*1-16,27H;1-12,21H;;. The number of thiazole rings is 3. The van der Waals surface area contributed by atoms with Gasteiger partial charge < -0.3 is 15.3 Å². The van der Waals surface area contributed by atoms with Crippen molar-refractivity contribution < 1.29 is 54.3 Å². The Morgan fingerprint density at radius 3 is 0.863 bits per heavy atom. The molecule has 3 aromatic heterocycles. The fourth-order valence-corrected chi connectivity index (χ4v) is 12.3. The van der Waals surface area contributed by atoms with Crippen LogP contribution in [-0.4, -0.2) is 30.3 Å². The number of aromatic hydroxyl groups is 3. The largest absolute Gasteiger partial charge is 0.507 e. The van der Waals surface area contributed by atoms with Gasteiger partial charge in [0.05, 0.1) is 47.3 Å². The van der Waals surface area contributed by atoms with Gasteiger partial charge in [0.25, 0.3) is 0 Å². The minimum absolute atomic E-state index is 0. The molecule has 0 unspecified atom stereocenters. The predicted molar refractivity (Wildman–Crippen MR) is 327 cm³/mol. The van der Waals surface area contributed by atoms with Gasteiger partial charge in [-0.25, -0.2) is 15.0 Å². The third kappa shape index (κ3) is 12.0. The number of para-hydroxylation sites is 3. The summed E-state index contributed by atoms with van der Waals surface area (Å²) < 4.78 is 3.36. The van der Waals surface area contributed by atoms with E-state index in [1.807, 2.05) is 194 Å². The predicted octanol–water partition coefficient (Wildman–Crippen LogP) is 19.3. The zero-order valence-corrected chi connectivity index (χ0v) is 51.6. The summed E-state index contributed by atoms with van der Waals surface area (Å²) in [6, 6.07) is 88.6. The van der Waals surface area contributed by atoms with Gasteiger partial charge >= 0.3 is 0 Å². The number of phenolic OH excluding ortho intramolecular Hbond substituents is 3. The zero-order valence-electron chi connectivity index (χ0n) is 43.2. The van der Waals surface area contributed by atoms with E-state index in [0.717, 1.165) is 118 Å². The monoisotopic (exact) mass is 1190 g/mol. The van der Waals surface area contributed by atoms with Crippen molar-refractivity contribution >= 4 is 64.7 Å². The second-order valence-electron chi connectivity index (χ2n) is 18.4. The summed E-state index contributed by atoms with van der Waals surface area (Å²) in [5.74, 6) is 0.800. The topological polar surface area (TPSA) is 99.4 Å². The van der Waals surface area contributed by atoms with Gasteiger partial charge in [-0.3, -0.25) is 0 Å². The molecule has 0 fully saturated rings. The molecule has 0 spiro atoms. The maximum Gasteiger partial charge on any atom is 0.133 e. The van der Waals surface area contributed by atoms with Gasteiger partial charge in [-0.2, -0.15) is 0 Å². The van der Waals surface area contributed by atoms with E-state index in [0.29, 0.717) is 0 Å². The average Bonchev–Trinajstić information content (AvgIpc) is 4.27.